The van der Waals surface area contributed by atoms with E-state index in [1.54, 1.807) is 11.3 Å². The van der Waals surface area contributed by atoms with Crippen molar-refractivity contribution in [3.63, 3.8) is 0 Å². The SMILES string of the molecule is Cc1nnc(NC2CC=CC2)s1. The summed E-state index contributed by atoms with van der Waals surface area (Å²) in [7, 11) is 0. The van der Waals surface area contributed by atoms with E-state index in [4.69, 9.17) is 0 Å². The van der Waals surface area contributed by atoms with E-state index < -0.39 is 0 Å². The smallest absolute Gasteiger partial charge is 0.205 e. The van der Waals surface area contributed by atoms with Crippen LogP contribution in [-0.2, 0) is 0 Å². The number of nitrogens with one attached hydrogen (secondary N) is 1. The topological polar surface area (TPSA) is 37.8 Å². The van der Waals surface area contributed by atoms with Crippen molar-refractivity contribution in [3.8, 4) is 0 Å². The second-order valence-corrected chi connectivity index (χ2v) is 4.09. The van der Waals surface area contributed by atoms with Gasteiger partial charge in [-0.25, -0.2) is 0 Å². The fourth-order valence-electron chi connectivity index (χ4n) is 1.26. The van der Waals surface area contributed by atoms with Crippen molar-refractivity contribution in [1.82, 2.24) is 10.2 Å². The zero-order valence-corrected chi connectivity index (χ0v) is 7.77. The lowest BCUT2D eigenvalue weighted by molar-refractivity contribution is 0.781. The molecule has 0 saturated heterocycles. The van der Waals surface area contributed by atoms with Gasteiger partial charge in [0.1, 0.15) is 5.01 Å². The highest BCUT2D eigenvalue weighted by Crippen LogP contribution is 2.19. The van der Waals surface area contributed by atoms with Crippen LogP contribution in [0.2, 0.25) is 0 Å². The summed E-state index contributed by atoms with van der Waals surface area (Å²) in [6.45, 7) is 1.97. The number of nitrogens with zero attached hydrogens (tertiary/aromatic N) is 2. The van der Waals surface area contributed by atoms with E-state index in [9.17, 15) is 0 Å². The second-order valence-electron chi connectivity index (χ2n) is 2.91. The van der Waals surface area contributed by atoms with E-state index >= 15 is 0 Å². The van der Waals surface area contributed by atoms with E-state index in [1.165, 1.54) is 0 Å². The zero-order chi connectivity index (χ0) is 8.39. The Morgan fingerprint density at radius 2 is 2.17 bits per heavy atom. The van der Waals surface area contributed by atoms with E-state index in [0.29, 0.717) is 6.04 Å². The minimum absolute atomic E-state index is 0.539. The highest BCUT2D eigenvalue weighted by molar-refractivity contribution is 7.15. The molecule has 0 spiro atoms. The fourth-order valence-corrected chi connectivity index (χ4v) is 1.93. The molecular formula is C8H11N3S. The average molecular weight is 181 g/mol. The van der Waals surface area contributed by atoms with Crippen molar-refractivity contribution < 1.29 is 0 Å². The largest absolute Gasteiger partial charge is 0.357 e. The van der Waals surface area contributed by atoms with Crippen molar-refractivity contribution in [2.24, 2.45) is 0 Å². The van der Waals surface area contributed by atoms with Crippen molar-refractivity contribution in [3.05, 3.63) is 17.2 Å². The van der Waals surface area contributed by atoms with Gasteiger partial charge in [0, 0.05) is 6.04 Å². The first-order chi connectivity index (χ1) is 5.84. The highest BCUT2D eigenvalue weighted by Gasteiger charge is 2.11. The lowest BCUT2D eigenvalue weighted by Gasteiger charge is -2.08. The maximum Gasteiger partial charge on any atom is 0.205 e. The molecule has 0 aromatic carbocycles. The summed E-state index contributed by atoms with van der Waals surface area (Å²) in [5.41, 5.74) is 0. The zero-order valence-electron chi connectivity index (χ0n) is 6.95. The molecule has 1 heterocycles. The number of aromatic nitrogens is 2. The third-order valence-electron chi connectivity index (χ3n) is 1.86. The minimum Gasteiger partial charge on any atom is -0.357 e. The predicted octanol–water partition coefficient (Wildman–Crippen LogP) is 1.98. The molecule has 2 rings (SSSR count). The summed E-state index contributed by atoms with van der Waals surface area (Å²) in [6, 6.07) is 0.539. The molecule has 1 aliphatic rings. The quantitative estimate of drug-likeness (QED) is 0.709. The van der Waals surface area contributed by atoms with Crippen molar-refractivity contribution in [2.75, 3.05) is 5.32 Å². The van der Waals surface area contributed by atoms with Crippen LogP contribution < -0.4 is 5.32 Å². The molecule has 0 fully saturated rings. The Kier molecular flexibility index (Phi) is 2.08. The summed E-state index contributed by atoms with van der Waals surface area (Å²) >= 11 is 1.61. The number of hydrogen-bond acceptors (Lipinski definition) is 4. The van der Waals surface area contributed by atoms with Crippen molar-refractivity contribution in [2.45, 2.75) is 25.8 Å². The average Bonchev–Trinajstić information content (AvgIpc) is 2.63. The maximum absolute atomic E-state index is 4.01. The van der Waals surface area contributed by atoms with Crippen LogP contribution in [0.25, 0.3) is 0 Å². The van der Waals surface area contributed by atoms with Crippen LogP contribution in [0.4, 0.5) is 5.13 Å². The van der Waals surface area contributed by atoms with E-state index in [1.807, 2.05) is 6.92 Å². The molecule has 0 saturated carbocycles. The van der Waals surface area contributed by atoms with E-state index in [2.05, 4.69) is 27.7 Å². The van der Waals surface area contributed by atoms with Crippen LogP contribution in [0.3, 0.4) is 0 Å². The molecule has 0 radical (unpaired) electrons. The molecule has 0 bridgehead atoms. The third-order valence-corrected chi connectivity index (χ3v) is 2.63. The highest BCUT2D eigenvalue weighted by atomic mass is 32.1. The minimum atomic E-state index is 0.539. The molecule has 0 atom stereocenters. The van der Waals surface area contributed by atoms with Gasteiger partial charge in [-0.1, -0.05) is 23.5 Å². The molecule has 0 amide bonds. The Bertz CT molecular complexity index is 284. The summed E-state index contributed by atoms with van der Waals surface area (Å²) in [4.78, 5) is 0. The Hall–Kier alpha value is -0.900. The Morgan fingerprint density at radius 1 is 1.42 bits per heavy atom. The van der Waals surface area contributed by atoms with Crippen LogP contribution in [0.1, 0.15) is 17.8 Å². The standard InChI is InChI=1S/C8H11N3S/c1-6-10-11-8(12-6)9-7-4-2-3-5-7/h2-3,7H,4-5H2,1H3,(H,9,11). The lowest BCUT2D eigenvalue weighted by atomic mass is 10.2. The first kappa shape index (κ1) is 7.73. The Balaban J connectivity index is 1.95. The monoisotopic (exact) mass is 181 g/mol. The third kappa shape index (κ3) is 1.64. The normalized spacial score (nSPS) is 17.1. The van der Waals surface area contributed by atoms with Gasteiger partial charge in [-0.15, -0.1) is 10.2 Å². The molecule has 0 aliphatic heterocycles. The molecule has 4 heteroatoms. The second kappa shape index (κ2) is 3.23. The Morgan fingerprint density at radius 3 is 2.75 bits per heavy atom. The summed E-state index contributed by atoms with van der Waals surface area (Å²) in [5, 5.41) is 13.3. The molecule has 1 aromatic heterocycles. The Labute approximate surface area is 75.5 Å². The molecule has 1 aromatic rings. The summed E-state index contributed by atoms with van der Waals surface area (Å²) < 4.78 is 0. The van der Waals surface area contributed by atoms with E-state index in [-0.39, 0.29) is 0 Å². The fraction of sp³-hybridized carbons (Fsp3) is 0.500. The van der Waals surface area contributed by atoms with Gasteiger partial charge >= 0.3 is 0 Å². The van der Waals surface area contributed by atoms with Crippen LogP contribution in [0.15, 0.2) is 12.2 Å². The van der Waals surface area contributed by atoms with Crippen molar-refractivity contribution in [1.29, 1.82) is 0 Å². The van der Waals surface area contributed by atoms with Crippen LogP contribution in [0, 0.1) is 6.92 Å². The molecule has 1 aliphatic carbocycles. The number of rotatable bonds is 2. The van der Waals surface area contributed by atoms with Gasteiger partial charge in [-0.3, -0.25) is 0 Å². The van der Waals surface area contributed by atoms with Gasteiger partial charge in [0.25, 0.3) is 0 Å². The van der Waals surface area contributed by atoms with Crippen LogP contribution in [-0.4, -0.2) is 16.2 Å². The van der Waals surface area contributed by atoms with Gasteiger partial charge in [0.15, 0.2) is 0 Å². The molecule has 64 valence electrons. The number of hydrogen-bond donors (Lipinski definition) is 1. The summed E-state index contributed by atoms with van der Waals surface area (Å²) in [6.07, 6.45) is 6.62. The van der Waals surface area contributed by atoms with Gasteiger partial charge in [0.05, 0.1) is 0 Å². The first-order valence-electron chi connectivity index (χ1n) is 4.06. The first-order valence-corrected chi connectivity index (χ1v) is 4.88. The molecule has 3 nitrogen and oxygen atoms in total. The molecule has 12 heavy (non-hydrogen) atoms. The molecule has 0 unspecified atom stereocenters. The van der Waals surface area contributed by atoms with Gasteiger partial charge in [-0.05, 0) is 19.8 Å². The van der Waals surface area contributed by atoms with Crippen LogP contribution in [0.5, 0.6) is 0 Å². The van der Waals surface area contributed by atoms with Gasteiger partial charge in [-0.2, -0.15) is 0 Å². The lowest BCUT2D eigenvalue weighted by Crippen LogP contribution is -2.14. The predicted molar refractivity (Wildman–Crippen MR) is 50.4 cm³/mol. The maximum atomic E-state index is 4.01. The molecule has 1 N–H and O–H groups in total. The number of anilines is 1. The molecular weight excluding hydrogens is 170 g/mol. The van der Waals surface area contributed by atoms with E-state index in [0.717, 1.165) is 23.0 Å². The van der Waals surface area contributed by atoms with Crippen molar-refractivity contribution >= 4 is 16.5 Å². The summed E-state index contributed by atoms with van der Waals surface area (Å²) in [5.74, 6) is 0. The van der Waals surface area contributed by atoms with Gasteiger partial charge in [0.2, 0.25) is 5.13 Å². The van der Waals surface area contributed by atoms with Crippen LogP contribution >= 0.6 is 11.3 Å². The number of aryl methyl sites for hydroxylation is 1. The van der Waals surface area contributed by atoms with Gasteiger partial charge < -0.3 is 5.32 Å².